The summed E-state index contributed by atoms with van der Waals surface area (Å²) in [5.74, 6) is 1.01. The minimum Gasteiger partial charge on any atom is -0.268 e. The highest BCUT2D eigenvalue weighted by atomic mass is 35.5. The van der Waals surface area contributed by atoms with Crippen LogP contribution in [0.3, 0.4) is 0 Å². The monoisotopic (exact) mass is 409 g/mol. The first-order valence-electron chi connectivity index (χ1n) is 9.50. The number of halogens is 1. The first-order valence-corrected chi connectivity index (χ1v) is 9.88. The molecule has 0 radical (unpaired) electrons. The SMILES string of the molecule is O=c1c2ccccc2nc(-c2ccc(-c3ccccc3)cc2)n1-c1ccc(Cl)cn1. The van der Waals surface area contributed by atoms with Crippen molar-refractivity contribution in [2.75, 3.05) is 0 Å². The van der Waals surface area contributed by atoms with Gasteiger partial charge in [0.2, 0.25) is 0 Å². The Labute approximate surface area is 178 Å². The zero-order valence-electron chi connectivity index (χ0n) is 15.9. The van der Waals surface area contributed by atoms with Crippen molar-refractivity contribution in [1.82, 2.24) is 14.5 Å². The van der Waals surface area contributed by atoms with E-state index in [1.165, 1.54) is 10.8 Å². The van der Waals surface area contributed by atoms with Gasteiger partial charge in [-0.3, -0.25) is 4.79 Å². The number of hydrogen-bond donors (Lipinski definition) is 0. The van der Waals surface area contributed by atoms with Crippen molar-refractivity contribution < 1.29 is 0 Å². The van der Waals surface area contributed by atoms with E-state index in [-0.39, 0.29) is 5.56 Å². The fourth-order valence-electron chi connectivity index (χ4n) is 3.48. The number of rotatable bonds is 3. The molecule has 5 heteroatoms. The van der Waals surface area contributed by atoms with Crippen LogP contribution in [0.25, 0.3) is 39.2 Å². The molecule has 144 valence electrons. The molecule has 3 aromatic carbocycles. The van der Waals surface area contributed by atoms with Gasteiger partial charge in [-0.25, -0.2) is 14.5 Å². The molecule has 0 fully saturated rings. The highest BCUT2D eigenvalue weighted by Gasteiger charge is 2.15. The quantitative estimate of drug-likeness (QED) is 0.380. The molecule has 0 saturated heterocycles. The van der Waals surface area contributed by atoms with Crippen LogP contribution < -0.4 is 5.56 Å². The van der Waals surface area contributed by atoms with E-state index in [0.29, 0.717) is 27.6 Å². The topological polar surface area (TPSA) is 47.8 Å². The second kappa shape index (κ2) is 7.58. The van der Waals surface area contributed by atoms with Gasteiger partial charge in [-0.2, -0.15) is 0 Å². The summed E-state index contributed by atoms with van der Waals surface area (Å²) >= 11 is 6.00. The standard InChI is InChI=1S/C25H16ClN3O/c26-20-14-15-23(27-16-20)29-24(28-22-9-5-4-8-21(22)25(29)30)19-12-10-18(11-13-19)17-6-2-1-3-7-17/h1-16H. The van der Waals surface area contributed by atoms with Gasteiger partial charge in [0.15, 0.2) is 0 Å². The number of para-hydroxylation sites is 1. The third-order valence-corrected chi connectivity index (χ3v) is 5.19. The van der Waals surface area contributed by atoms with Crippen molar-refractivity contribution in [3.63, 3.8) is 0 Å². The van der Waals surface area contributed by atoms with Crippen LogP contribution in [-0.2, 0) is 0 Å². The predicted octanol–water partition coefficient (Wildman–Crippen LogP) is 5.77. The molecule has 2 heterocycles. The molecular weight excluding hydrogens is 394 g/mol. The molecule has 0 aliphatic rings. The van der Waals surface area contributed by atoms with E-state index < -0.39 is 0 Å². The van der Waals surface area contributed by atoms with Crippen molar-refractivity contribution in [2.45, 2.75) is 0 Å². The van der Waals surface area contributed by atoms with Crippen LogP contribution in [0.2, 0.25) is 5.02 Å². The normalized spacial score (nSPS) is 11.0. The van der Waals surface area contributed by atoms with E-state index in [1.54, 1.807) is 18.2 Å². The van der Waals surface area contributed by atoms with Crippen LogP contribution >= 0.6 is 11.6 Å². The maximum absolute atomic E-state index is 13.3. The molecule has 0 saturated carbocycles. The van der Waals surface area contributed by atoms with Gasteiger partial charge in [0.25, 0.3) is 5.56 Å². The van der Waals surface area contributed by atoms with Crippen LogP contribution in [0, 0.1) is 0 Å². The van der Waals surface area contributed by atoms with E-state index in [4.69, 9.17) is 16.6 Å². The Balaban J connectivity index is 1.73. The number of hydrogen-bond acceptors (Lipinski definition) is 3. The fourth-order valence-corrected chi connectivity index (χ4v) is 3.59. The van der Waals surface area contributed by atoms with Crippen molar-refractivity contribution >= 4 is 22.5 Å². The fraction of sp³-hybridized carbons (Fsp3) is 0. The van der Waals surface area contributed by atoms with E-state index >= 15 is 0 Å². The highest BCUT2D eigenvalue weighted by molar-refractivity contribution is 6.30. The minimum atomic E-state index is -0.169. The van der Waals surface area contributed by atoms with E-state index in [2.05, 4.69) is 17.1 Å². The summed E-state index contributed by atoms with van der Waals surface area (Å²) < 4.78 is 1.54. The van der Waals surface area contributed by atoms with Crippen LogP contribution in [0.5, 0.6) is 0 Å². The summed E-state index contributed by atoms with van der Waals surface area (Å²) in [5.41, 5.74) is 3.53. The lowest BCUT2D eigenvalue weighted by Crippen LogP contribution is -2.22. The molecule has 4 nitrogen and oxygen atoms in total. The van der Waals surface area contributed by atoms with Gasteiger partial charge >= 0.3 is 0 Å². The minimum absolute atomic E-state index is 0.169. The molecule has 0 spiro atoms. The molecule has 5 aromatic rings. The summed E-state index contributed by atoms with van der Waals surface area (Å²) in [5, 5.41) is 1.05. The summed E-state index contributed by atoms with van der Waals surface area (Å²) in [7, 11) is 0. The predicted molar refractivity (Wildman–Crippen MR) is 121 cm³/mol. The average molecular weight is 410 g/mol. The van der Waals surface area contributed by atoms with Gasteiger partial charge in [0, 0.05) is 11.8 Å². The van der Waals surface area contributed by atoms with E-state index in [9.17, 15) is 4.79 Å². The van der Waals surface area contributed by atoms with E-state index in [1.807, 2.05) is 60.7 Å². The van der Waals surface area contributed by atoms with Crippen LogP contribution in [0.15, 0.2) is 102 Å². The first kappa shape index (κ1) is 18.3. The second-order valence-corrected chi connectivity index (χ2v) is 7.31. The zero-order chi connectivity index (χ0) is 20.5. The molecule has 0 atom stereocenters. The Kier molecular flexibility index (Phi) is 4.62. The van der Waals surface area contributed by atoms with Crippen LogP contribution in [0.4, 0.5) is 0 Å². The molecule has 0 aliphatic carbocycles. The molecule has 30 heavy (non-hydrogen) atoms. The molecule has 0 bridgehead atoms. The summed E-state index contributed by atoms with van der Waals surface area (Å²) in [6.07, 6.45) is 1.53. The first-order chi connectivity index (χ1) is 14.7. The zero-order valence-corrected chi connectivity index (χ0v) is 16.6. The summed E-state index contributed by atoms with van der Waals surface area (Å²) in [6.45, 7) is 0. The average Bonchev–Trinajstić information content (AvgIpc) is 2.81. The van der Waals surface area contributed by atoms with Crippen molar-refractivity contribution in [2.24, 2.45) is 0 Å². The molecule has 0 unspecified atom stereocenters. The molecule has 5 rings (SSSR count). The van der Waals surface area contributed by atoms with Gasteiger partial charge in [-0.05, 0) is 35.4 Å². The van der Waals surface area contributed by atoms with Gasteiger partial charge in [-0.15, -0.1) is 0 Å². The Morgan fingerprint density at radius 1 is 0.700 bits per heavy atom. The van der Waals surface area contributed by atoms with Gasteiger partial charge in [0.05, 0.1) is 15.9 Å². The molecule has 0 N–H and O–H groups in total. The van der Waals surface area contributed by atoms with Gasteiger partial charge in [-0.1, -0.05) is 78.3 Å². The molecule has 0 aliphatic heterocycles. The third kappa shape index (κ3) is 3.27. The molecule has 0 amide bonds. The Bertz CT molecular complexity index is 1390. The number of fused-ring (bicyclic) bond motifs is 1. The maximum atomic E-state index is 13.3. The molecule has 2 aromatic heterocycles. The highest BCUT2D eigenvalue weighted by Crippen LogP contribution is 2.26. The van der Waals surface area contributed by atoms with E-state index in [0.717, 1.165) is 16.7 Å². The summed E-state index contributed by atoms with van der Waals surface area (Å²) in [4.78, 5) is 22.5. The van der Waals surface area contributed by atoms with Crippen molar-refractivity contribution in [1.29, 1.82) is 0 Å². The number of benzene rings is 3. The summed E-state index contributed by atoms with van der Waals surface area (Å²) in [6, 6.07) is 28.9. The molecular formula is C25H16ClN3O. The smallest absolute Gasteiger partial charge is 0.267 e. The lowest BCUT2D eigenvalue weighted by Gasteiger charge is -2.13. The van der Waals surface area contributed by atoms with Crippen molar-refractivity contribution in [3.8, 4) is 28.3 Å². The second-order valence-electron chi connectivity index (χ2n) is 6.87. The van der Waals surface area contributed by atoms with Crippen LogP contribution in [0.1, 0.15) is 0 Å². The maximum Gasteiger partial charge on any atom is 0.267 e. The lowest BCUT2D eigenvalue weighted by atomic mass is 10.0. The largest absolute Gasteiger partial charge is 0.268 e. The van der Waals surface area contributed by atoms with Crippen LogP contribution in [-0.4, -0.2) is 14.5 Å². The lowest BCUT2D eigenvalue weighted by molar-refractivity contribution is 0.932. The number of pyridine rings is 1. The number of nitrogens with zero attached hydrogens (tertiary/aromatic N) is 3. The van der Waals surface area contributed by atoms with Gasteiger partial charge in [0.1, 0.15) is 11.6 Å². The van der Waals surface area contributed by atoms with Gasteiger partial charge < -0.3 is 0 Å². The Morgan fingerprint density at radius 2 is 1.37 bits per heavy atom. The van der Waals surface area contributed by atoms with Crippen molar-refractivity contribution in [3.05, 3.63) is 113 Å². The Hall–Kier alpha value is -3.76. The number of aromatic nitrogens is 3. The Morgan fingerprint density at radius 3 is 2.10 bits per heavy atom. The third-order valence-electron chi connectivity index (χ3n) is 4.97.